The Hall–Kier alpha value is -2.78. The Labute approximate surface area is 175 Å². The highest BCUT2D eigenvalue weighted by atomic mass is 32.1. The number of nitriles is 1. The summed E-state index contributed by atoms with van der Waals surface area (Å²) >= 11 is 5.78. The fourth-order valence-corrected chi connectivity index (χ4v) is 4.64. The Balaban J connectivity index is 1.67. The van der Waals surface area contributed by atoms with Gasteiger partial charge in [0, 0.05) is 22.7 Å². The van der Waals surface area contributed by atoms with Crippen molar-refractivity contribution in [3.8, 4) is 6.07 Å². The summed E-state index contributed by atoms with van der Waals surface area (Å²) in [7, 11) is 0. The number of H-pyrrole nitrogens is 1. The number of aromatic amines is 1. The molecule has 1 aromatic heterocycles. The number of aliphatic imine (C=N–C) groups is 1. The van der Waals surface area contributed by atoms with E-state index in [-0.39, 0.29) is 17.0 Å². The third kappa shape index (κ3) is 3.40. The van der Waals surface area contributed by atoms with Crippen molar-refractivity contribution in [3.05, 3.63) is 52.8 Å². The zero-order chi connectivity index (χ0) is 20.8. The number of hydrogen-bond donors (Lipinski definition) is 1. The number of esters is 1. The second kappa shape index (κ2) is 6.93. The van der Waals surface area contributed by atoms with E-state index in [0.29, 0.717) is 5.56 Å². The van der Waals surface area contributed by atoms with Crippen molar-refractivity contribution in [3.63, 3.8) is 0 Å². The number of thiocarbonyl (C=S) groups is 1. The molecule has 1 saturated carbocycles. The molecule has 2 aromatic rings. The second-order valence-corrected chi connectivity index (χ2v) is 9.23. The zero-order valence-electron chi connectivity index (χ0n) is 16.8. The summed E-state index contributed by atoms with van der Waals surface area (Å²) in [4.78, 5) is 21.3. The van der Waals surface area contributed by atoms with Crippen LogP contribution in [0.2, 0.25) is 0 Å². The molecule has 1 fully saturated rings. The molecule has 5 nitrogen and oxygen atoms in total. The first-order chi connectivity index (χ1) is 13.7. The Morgan fingerprint density at radius 3 is 2.86 bits per heavy atom. The fraction of sp³-hybridized carbons (Fsp3) is 0.391. The average Bonchev–Trinajstić information content (AvgIpc) is 3.26. The van der Waals surface area contributed by atoms with E-state index in [1.807, 2.05) is 45.2 Å². The third-order valence-electron chi connectivity index (χ3n) is 5.60. The molecule has 1 spiro atoms. The van der Waals surface area contributed by atoms with Gasteiger partial charge in [-0.15, -0.1) is 0 Å². The van der Waals surface area contributed by atoms with E-state index in [1.165, 1.54) is 0 Å². The standard InChI is InChI=1S/C23H23N3O2S/c1-22(2,3)28-21(27)15-10-18(26-19(15)12-24)14-8-9-20(29)23(11-14)13-25-17-7-5-4-6-16(17)23/h4-7,10,13-14,26H,8-9,11H2,1-3H3. The maximum Gasteiger partial charge on any atom is 0.341 e. The largest absolute Gasteiger partial charge is 0.456 e. The number of rotatable bonds is 2. The Morgan fingerprint density at radius 2 is 2.14 bits per heavy atom. The summed E-state index contributed by atoms with van der Waals surface area (Å²) in [6.07, 6.45) is 4.42. The molecule has 0 saturated heterocycles. The SMILES string of the molecule is CC(C)(C)OC(=O)c1cc(C2CCC(=S)C3(C=Nc4ccccc43)C2)[nH]c1C#N. The molecule has 29 heavy (non-hydrogen) atoms. The number of benzene rings is 1. The summed E-state index contributed by atoms with van der Waals surface area (Å²) in [6.45, 7) is 5.44. The van der Waals surface area contributed by atoms with Crippen LogP contribution in [0.5, 0.6) is 0 Å². The van der Waals surface area contributed by atoms with Crippen LogP contribution in [-0.2, 0) is 10.2 Å². The molecule has 1 aliphatic carbocycles. The van der Waals surface area contributed by atoms with Crippen LogP contribution in [0.1, 0.15) is 73.3 Å². The smallest absolute Gasteiger partial charge is 0.341 e. The Morgan fingerprint density at radius 1 is 1.38 bits per heavy atom. The molecular formula is C23H23N3O2S. The zero-order valence-corrected chi connectivity index (χ0v) is 17.6. The van der Waals surface area contributed by atoms with Crippen molar-refractivity contribution in [2.24, 2.45) is 4.99 Å². The van der Waals surface area contributed by atoms with E-state index in [4.69, 9.17) is 17.0 Å². The minimum absolute atomic E-state index is 0.141. The Kier molecular flexibility index (Phi) is 4.66. The van der Waals surface area contributed by atoms with Gasteiger partial charge in [0.15, 0.2) is 0 Å². The first-order valence-corrected chi connectivity index (χ1v) is 10.2. The van der Waals surface area contributed by atoms with Gasteiger partial charge in [-0.2, -0.15) is 5.26 Å². The van der Waals surface area contributed by atoms with Gasteiger partial charge in [-0.3, -0.25) is 4.99 Å². The molecule has 2 heterocycles. The van der Waals surface area contributed by atoms with E-state index in [1.54, 1.807) is 6.07 Å². The number of nitrogens with one attached hydrogen (secondary N) is 1. The molecule has 0 bridgehead atoms. The van der Waals surface area contributed by atoms with E-state index in [9.17, 15) is 10.1 Å². The lowest BCUT2D eigenvalue weighted by molar-refractivity contribution is 0.00694. The summed E-state index contributed by atoms with van der Waals surface area (Å²) in [5.74, 6) is -0.340. The van der Waals surface area contributed by atoms with Crippen LogP contribution < -0.4 is 0 Å². The lowest BCUT2D eigenvalue weighted by Gasteiger charge is -2.37. The molecule has 2 aliphatic rings. The van der Waals surface area contributed by atoms with Gasteiger partial charge in [-0.05, 0) is 57.7 Å². The number of hydrogen-bond acceptors (Lipinski definition) is 5. The summed E-state index contributed by atoms with van der Waals surface area (Å²) in [5.41, 5.74) is 2.55. The molecular weight excluding hydrogens is 382 g/mol. The van der Waals surface area contributed by atoms with Crippen LogP contribution in [0.3, 0.4) is 0 Å². The van der Waals surface area contributed by atoms with E-state index in [0.717, 1.165) is 41.1 Å². The molecule has 4 rings (SSSR count). The van der Waals surface area contributed by atoms with Crippen molar-refractivity contribution >= 4 is 35.0 Å². The van der Waals surface area contributed by atoms with Gasteiger partial charge < -0.3 is 9.72 Å². The molecule has 0 amide bonds. The molecule has 2 unspecified atom stereocenters. The highest BCUT2D eigenvalue weighted by Gasteiger charge is 2.45. The predicted octanol–water partition coefficient (Wildman–Crippen LogP) is 5.13. The van der Waals surface area contributed by atoms with Gasteiger partial charge in [0.2, 0.25) is 0 Å². The number of ether oxygens (including phenoxy) is 1. The molecule has 1 aromatic carbocycles. The maximum absolute atomic E-state index is 12.6. The molecule has 0 radical (unpaired) electrons. The summed E-state index contributed by atoms with van der Waals surface area (Å²) < 4.78 is 5.47. The molecule has 1 aliphatic heterocycles. The first kappa shape index (κ1) is 19.5. The molecule has 2 atom stereocenters. The van der Waals surface area contributed by atoms with E-state index >= 15 is 0 Å². The van der Waals surface area contributed by atoms with Crippen molar-refractivity contribution in [2.45, 2.75) is 57.0 Å². The number of carbonyl (C=O) groups excluding carboxylic acids is 1. The second-order valence-electron chi connectivity index (χ2n) is 8.74. The summed E-state index contributed by atoms with van der Waals surface area (Å²) in [6, 6.07) is 12.0. The van der Waals surface area contributed by atoms with Gasteiger partial charge in [0.05, 0.1) is 16.7 Å². The molecule has 148 valence electrons. The highest BCUT2D eigenvalue weighted by molar-refractivity contribution is 7.80. The number of carbonyl (C=O) groups is 1. The molecule has 1 N–H and O–H groups in total. The highest BCUT2D eigenvalue weighted by Crippen LogP contribution is 2.49. The average molecular weight is 406 g/mol. The van der Waals surface area contributed by atoms with Gasteiger partial charge in [0.1, 0.15) is 17.4 Å². The minimum Gasteiger partial charge on any atom is -0.456 e. The number of nitrogens with zero attached hydrogens (tertiary/aromatic N) is 2. The van der Waals surface area contributed by atoms with Crippen LogP contribution in [0.4, 0.5) is 5.69 Å². The first-order valence-electron chi connectivity index (χ1n) is 9.78. The van der Waals surface area contributed by atoms with Crippen LogP contribution in [-0.4, -0.2) is 27.6 Å². The van der Waals surface area contributed by atoms with Gasteiger partial charge >= 0.3 is 5.97 Å². The topological polar surface area (TPSA) is 78.2 Å². The van der Waals surface area contributed by atoms with Crippen LogP contribution >= 0.6 is 12.2 Å². The van der Waals surface area contributed by atoms with Gasteiger partial charge in [0.25, 0.3) is 0 Å². The predicted molar refractivity (Wildman–Crippen MR) is 116 cm³/mol. The third-order valence-corrected chi connectivity index (χ3v) is 6.17. The molecule has 6 heteroatoms. The number of fused-ring (bicyclic) bond motifs is 2. The fourth-order valence-electron chi connectivity index (χ4n) is 4.27. The van der Waals surface area contributed by atoms with Crippen molar-refractivity contribution in [2.75, 3.05) is 0 Å². The normalized spacial score (nSPS) is 23.1. The van der Waals surface area contributed by atoms with E-state index < -0.39 is 11.6 Å². The lowest BCUT2D eigenvalue weighted by atomic mass is 9.66. The van der Waals surface area contributed by atoms with Gasteiger partial charge in [-0.1, -0.05) is 30.4 Å². The Bertz CT molecular complexity index is 1070. The number of para-hydroxylation sites is 1. The van der Waals surface area contributed by atoms with Crippen LogP contribution in [0.25, 0.3) is 0 Å². The van der Waals surface area contributed by atoms with Crippen LogP contribution in [0.15, 0.2) is 35.3 Å². The number of aromatic nitrogens is 1. The summed E-state index contributed by atoms with van der Waals surface area (Å²) in [5, 5.41) is 9.52. The van der Waals surface area contributed by atoms with E-state index in [2.05, 4.69) is 22.1 Å². The monoisotopic (exact) mass is 405 g/mol. The lowest BCUT2D eigenvalue weighted by Crippen LogP contribution is -2.40. The van der Waals surface area contributed by atoms with Crippen molar-refractivity contribution in [1.29, 1.82) is 5.26 Å². The van der Waals surface area contributed by atoms with Crippen molar-refractivity contribution < 1.29 is 9.53 Å². The quantitative estimate of drug-likeness (QED) is 0.555. The minimum atomic E-state index is -0.619. The van der Waals surface area contributed by atoms with Crippen LogP contribution in [0, 0.1) is 11.3 Å². The maximum atomic E-state index is 12.6. The van der Waals surface area contributed by atoms with Crippen molar-refractivity contribution in [1.82, 2.24) is 4.98 Å². The van der Waals surface area contributed by atoms with Gasteiger partial charge in [-0.25, -0.2) is 4.79 Å².